The van der Waals surface area contributed by atoms with Gasteiger partial charge in [0.1, 0.15) is 5.03 Å². The summed E-state index contributed by atoms with van der Waals surface area (Å²) >= 11 is 1.62. The second-order valence-electron chi connectivity index (χ2n) is 6.48. The highest BCUT2D eigenvalue weighted by Crippen LogP contribution is 2.42. The van der Waals surface area contributed by atoms with E-state index in [1.165, 1.54) is 5.56 Å². The molecule has 2 aliphatic rings. The van der Waals surface area contributed by atoms with Gasteiger partial charge >= 0.3 is 0 Å². The second-order valence-corrected chi connectivity index (χ2v) is 8.84. The summed E-state index contributed by atoms with van der Waals surface area (Å²) < 4.78 is 24.8. The first-order valence-electron chi connectivity index (χ1n) is 8.37. The molecule has 2 aromatic rings. The van der Waals surface area contributed by atoms with Crippen molar-refractivity contribution >= 4 is 33.5 Å². The van der Waals surface area contributed by atoms with Gasteiger partial charge in [0.05, 0.1) is 5.69 Å². The molecule has 1 aromatic heterocycles. The van der Waals surface area contributed by atoms with E-state index in [9.17, 15) is 8.42 Å². The molecule has 1 saturated heterocycles. The average Bonchev–Trinajstić information content (AvgIpc) is 2.60. The molecule has 10 heteroatoms. The molecule has 138 valence electrons. The van der Waals surface area contributed by atoms with Crippen LogP contribution in [0, 0.1) is 0 Å². The summed E-state index contributed by atoms with van der Waals surface area (Å²) in [7, 11) is -3.62. The van der Waals surface area contributed by atoms with Crippen molar-refractivity contribution in [2.45, 2.75) is 35.3 Å². The number of anilines is 2. The summed E-state index contributed by atoms with van der Waals surface area (Å²) in [6.45, 7) is 2.50. The van der Waals surface area contributed by atoms with Gasteiger partial charge in [-0.05, 0) is 30.5 Å². The zero-order valence-corrected chi connectivity index (χ0v) is 15.7. The molecule has 0 spiro atoms. The molecular weight excluding hydrogens is 372 g/mol. The molecule has 8 nitrogen and oxygen atoms in total. The molecule has 3 heterocycles. The van der Waals surface area contributed by atoms with E-state index in [1.807, 2.05) is 0 Å². The van der Waals surface area contributed by atoms with Crippen LogP contribution in [0.15, 0.2) is 40.5 Å². The SMILES string of the molecule is NS(=O)(=O)NC1CCN(Cc2ccc3c(c2)Nc2nccnc2S3)CC1. The molecule has 0 radical (unpaired) electrons. The Morgan fingerprint density at radius 3 is 2.81 bits per heavy atom. The predicted molar refractivity (Wildman–Crippen MR) is 100 cm³/mol. The second kappa shape index (κ2) is 7.12. The van der Waals surface area contributed by atoms with E-state index in [0.29, 0.717) is 0 Å². The Balaban J connectivity index is 1.39. The number of piperidine rings is 1. The minimum absolute atomic E-state index is 0.0714. The number of fused-ring (bicyclic) bond motifs is 2. The third kappa shape index (κ3) is 4.15. The summed E-state index contributed by atoms with van der Waals surface area (Å²) in [5.74, 6) is 0.789. The standard InChI is InChI=1S/C16H20N6O2S2/c17-26(23,24)21-12-3-7-22(8-4-12)10-11-1-2-14-13(9-11)20-15-16(25-14)19-6-5-18-15/h1-2,5-6,9,12,21H,3-4,7-8,10H2,(H,18,20)(H2,17,23,24). The maximum Gasteiger partial charge on any atom is 0.274 e. The monoisotopic (exact) mass is 392 g/mol. The number of likely N-dealkylation sites (tertiary alicyclic amines) is 1. The van der Waals surface area contributed by atoms with Crippen LogP contribution in [0.2, 0.25) is 0 Å². The fourth-order valence-corrected chi connectivity index (χ4v) is 4.86. The highest BCUT2D eigenvalue weighted by atomic mass is 32.2. The first kappa shape index (κ1) is 17.7. The van der Waals surface area contributed by atoms with Gasteiger partial charge in [-0.25, -0.2) is 15.1 Å². The first-order valence-corrected chi connectivity index (χ1v) is 10.7. The normalized spacial score (nSPS) is 18.0. The Bertz CT molecular complexity index is 913. The molecule has 4 rings (SSSR count). The lowest BCUT2D eigenvalue weighted by molar-refractivity contribution is 0.200. The van der Waals surface area contributed by atoms with Crippen LogP contribution in [-0.2, 0) is 16.8 Å². The van der Waals surface area contributed by atoms with Gasteiger partial charge in [-0.3, -0.25) is 4.90 Å². The predicted octanol–water partition coefficient (Wildman–Crippen LogP) is 1.44. The maximum atomic E-state index is 11.1. The summed E-state index contributed by atoms with van der Waals surface area (Å²) in [4.78, 5) is 12.1. The van der Waals surface area contributed by atoms with Crippen LogP contribution in [0.1, 0.15) is 18.4 Å². The van der Waals surface area contributed by atoms with E-state index >= 15 is 0 Å². The van der Waals surface area contributed by atoms with Gasteiger partial charge in [0.2, 0.25) is 0 Å². The highest BCUT2D eigenvalue weighted by Gasteiger charge is 2.23. The van der Waals surface area contributed by atoms with Gasteiger partial charge in [0.25, 0.3) is 10.2 Å². The van der Waals surface area contributed by atoms with Crippen LogP contribution in [0.4, 0.5) is 11.5 Å². The summed E-state index contributed by atoms with van der Waals surface area (Å²) in [6.07, 6.45) is 4.90. The van der Waals surface area contributed by atoms with E-state index in [1.54, 1.807) is 24.2 Å². The molecule has 0 bridgehead atoms. The number of rotatable bonds is 4. The lowest BCUT2D eigenvalue weighted by Crippen LogP contribution is -2.46. The van der Waals surface area contributed by atoms with Crippen LogP contribution in [0.25, 0.3) is 0 Å². The molecular formula is C16H20N6O2S2. The Morgan fingerprint density at radius 1 is 1.27 bits per heavy atom. The van der Waals surface area contributed by atoms with Gasteiger partial charge in [-0.15, -0.1) is 0 Å². The van der Waals surface area contributed by atoms with Crippen molar-refractivity contribution in [2.24, 2.45) is 5.14 Å². The topological polar surface area (TPSA) is 113 Å². The molecule has 26 heavy (non-hydrogen) atoms. The summed E-state index contributed by atoms with van der Waals surface area (Å²) in [6, 6.07) is 6.31. The number of nitrogens with two attached hydrogens (primary N) is 1. The number of hydrogen-bond acceptors (Lipinski definition) is 7. The van der Waals surface area contributed by atoms with Crippen LogP contribution in [0.5, 0.6) is 0 Å². The molecule has 4 N–H and O–H groups in total. The zero-order valence-electron chi connectivity index (χ0n) is 14.1. The lowest BCUT2D eigenvalue weighted by Gasteiger charge is -2.32. The van der Waals surface area contributed by atoms with E-state index < -0.39 is 10.2 Å². The van der Waals surface area contributed by atoms with Gasteiger partial charge in [-0.2, -0.15) is 13.1 Å². The first-order chi connectivity index (χ1) is 12.5. The van der Waals surface area contributed by atoms with Crippen molar-refractivity contribution in [3.8, 4) is 0 Å². The minimum Gasteiger partial charge on any atom is -0.337 e. The number of nitrogens with zero attached hydrogens (tertiary/aromatic N) is 3. The number of benzene rings is 1. The Kier molecular flexibility index (Phi) is 4.84. The molecule has 1 fully saturated rings. The number of nitrogens with one attached hydrogen (secondary N) is 2. The van der Waals surface area contributed by atoms with E-state index in [0.717, 1.165) is 53.9 Å². The molecule has 0 aliphatic carbocycles. The van der Waals surface area contributed by atoms with Crippen LogP contribution >= 0.6 is 11.8 Å². The zero-order chi connectivity index (χ0) is 18.1. The van der Waals surface area contributed by atoms with Crippen molar-refractivity contribution < 1.29 is 8.42 Å². The van der Waals surface area contributed by atoms with Gasteiger partial charge in [-0.1, -0.05) is 17.8 Å². The molecule has 0 amide bonds. The number of hydrogen-bond donors (Lipinski definition) is 3. The largest absolute Gasteiger partial charge is 0.337 e. The van der Waals surface area contributed by atoms with E-state index in [-0.39, 0.29) is 6.04 Å². The Labute approximate surface area is 156 Å². The van der Waals surface area contributed by atoms with Crippen molar-refractivity contribution in [2.75, 3.05) is 18.4 Å². The minimum atomic E-state index is -3.62. The third-order valence-electron chi connectivity index (χ3n) is 4.49. The molecule has 0 unspecified atom stereocenters. The highest BCUT2D eigenvalue weighted by molar-refractivity contribution is 7.99. The lowest BCUT2D eigenvalue weighted by atomic mass is 10.1. The smallest absolute Gasteiger partial charge is 0.274 e. The summed E-state index contributed by atoms with van der Waals surface area (Å²) in [5, 5.41) is 9.29. The van der Waals surface area contributed by atoms with Gasteiger partial charge in [0, 0.05) is 43.0 Å². The van der Waals surface area contributed by atoms with Crippen molar-refractivity contribution in [3.63, 3.8) is 0 Å². The average molecular weight is 393 g/mol. The van der Waals surface area contributed by atoms with Crippen molar-refractivity contribution in [1.29, 1.82) is 0 Å². The third-order valence-corrected chi connectivity index (χ3v) is 6.22. The molecule has 0 atom stereocenters. The number of aromatic nitrogens is 2. The fraction of sp³-hybridized carbons (Fsp3) is 0.375. The molecule has 1 aromatic carbocycles. The van der Waals surface area contributed by atoms with Crippen LogP contribution in [0.3, 0.4) is 0 Å². The van der Waals surface area contributed by atoms with E-state index in [4.69, 9.17) is 5.14 Å². The van der Waals surface area contributed by atoms with Crippen LogP contribution < -0.4 is 15.2 Å². The van der Waals surface area contributed by atoms with Gasteiger partial charge < -0.3 is 5.32 Å². The molecule has 2 aliphatic heterocycles. The summed E-state index contributed by atoms with van der Waals surface area (Å²) in [5.41, 5.74) is 2.26. The fourth-order valence-electron chi connectivity index (χ4n) is 3.28. The van der Waals surface area contributed by atoms with E-state index in [2.05, 4.69) is 43.1 Å². The maximum absolute atomic E-state index is 11.1. The Hall–Kier alpha value is -1.72. The van der Waals surface area contributed by atoms with Crippen LogP contribution in [-0.4, -0.2) is 42.4 Å². The van der Waals surface area contributed by atoms with Gasteiger partial charge in [0.15, 0.2) is 5.82 Å². The molecule has 0 saturated carbocycles. The van der Waals surface area contributed by atoms with Crippen molar-refractivity contribution in [3.05, 3.63) is 36.2 Å². The van der Waals surface area contributed by atoms with Crippen molar-refractivity contribution in [1.82, 2.24) is 19.6 Å². The Morgan fingerprint density at radius 2 is 2.04 bits per heavy atom. The quantitative estimate of drug-likeness (QED) is 0.616.